The van der Waals surface area contributed by atoms with Gasteiger partial charge in [0.1, 0.15) is 11.5 Å². The third-order valence-electron chi connectivity index (χ3n) is 3.27. The molecule has 7 heteroatoms. The van der Waals surface area contributed by atoms with Crippen molar-refractivity contribution in [3.63, 3.8) is 0 Å². The van der Waals surface area contributed by atoms with Crippen molar-refractivity contribution in [2.24, 2.45) is 5.84 Å². The Bertz CT molecular complexity index is 578. The van der Waals surface area contributed by atoms with Crippen molar-refractivity contribution in [2.45, 2.75) is 25.8 Å². The molecule has 0 aliphatic heterocycles. The normalized spacial score (nSPS) is 12.5. The lowest BCUT2D eigenvalue weighted by Crippen LogP contribution is -2.29. The van der Waals surface area contributed by atoms with Crippen LogP contribution < -0.4 is 20.7 Å². The number of hydrazine groups is 1. The van der Waals surface area contributed by atoms with Crippen molar-refractivity contribution in [3.05, 3.63) is 34.3 Å². The Morgan fingerprint density at radius 2 is 1.81 bits per heavy atom. The first kappa shape index (κ1) is 15.7. The maximum atomic E-state index is 5.80. The molecule has 0 aliphatic rings. The highest BCUT2D eigenvalue weighted by Gasteiger charge is 2.27. The fourth-order valence-electron chi connectivity index (χ4n) is 2.26. The molecule has 0 spiro atoms. The van der Waals surface area contributed by atoms with Gasteiger partial charge in [0.05, 0.1) is 36.4 Å². The predicted molar refractivity (Wildman–Crippen MR) is 82.7 cm³/mol. The van der Waals surface area contributed by atoms with Gasteiger partial charge >= 0.3 is 0 Å². The highest BCUT2D eigenvalue weighted by Crippen LogP contribution is 2.39. The minimum Gasteiger partial charge on any atom is -0.496 e. The number of aromatic nitrogens is 2. The van der Waals surface area contributed by atoms with Crippen molar-refractivity contribution in [1.29, 1.82) is 0 Å². The summed E-state index contributed by atoms with van der Waals surface area (Å²) in [4.78, 5) is 0.968. The minimum atomic E-state index is -0.284. The van der Waals surface area contributed by atoms with E-state index in [9.17, 15) is 0 Å². The van der Waals surface area contributed by atoms with Gasteiger partial charge in [-0.2, -0.15) is 0 Å². The first-order chi connectivity index (χ1) is 10.1. The molecule has 0 amide bonds. The highest BCUT2D eigenvalue weighted by molar-refractivity contribution is 7.05. The van der Waals surface area contributed by atoms with Crippen LogP contribution in [0.3, 0.4) is 0 Å². The third-order valence-corrected chi connectivity index (χ3v) is 4.08. The molecule has 1 atom stereocenters. The van der Waals surface area contributed by atoms with E-state index in [-0.39, 0.29) is 12.0 Å². The maximum Gasteiger partial charge on any atom is 0.127 e. The molecule has 114 valence electrons. The van der Waals surface area contributed by atoms with Gasteiger partial charge in [-0.05, 0) is 29.6 Å². The average molecular weight is 308 g/mol. The topological polar surface area (TPSA) is 82.3 Å². The van der Waals surface area contributed by atoms with Gasteiger partial charge in [-0.25, -0.2) is 5.43 Å². The van der Waals surface area contributed by atoms with Crippen LogP contribution in [0.4, 0.5) is 0 Å². The lowest BCUT2D eigenvalue weighted by atomic mass is 9.99. The lowest BCUT2D eigenvalue weighted by Gasteiger charge is -2.21. The second kappa shape index (κ2) is 6.84. The Kier molecular flexibility index (Phi) is 5.11. The van der Waals surface area contributed by atoms with Crippen LogP contribution in [0.15, 0.2) is 18.2 Å². The molecule has 0 saturated heterocycles. The Balaban J connectivity index is 2.58. The summed E-state index contributed by atoms with van der Waals surface area (Å²) >= 11 is 1.33. The van der Waals surface area contributed by atoms with Crippen LogP contribution in [0.5, 0.6) is 11.5 Å². The number of ether oxygens (including phenoxy) is 2. The van der Waals surface area contributed by atoms with Crippen molar-refractivity contribution >= 4 is 11.5 Å². The Morgan fingerprint density at radius 3 is 2.29 bits per heavy atom. The highest BCUT2D eigenvalue weighted by atomic mass is 32.1. The fourth-order valence-corrected chi connectivity index (χ4v) is 3.14. The summed E-state index contributed by atoms with van der Waals surface area (Å²) < 4.78 is 15.0. The number of benzene rings is 1. The fraction of sp³-hybridized carbons (Fsp3) is 0.429. The van der Waals surface area contributed by atoms with Crippen LogP contribution in [0.1, 0.15) is 41.9 Å². The van der Waals surface area contributed by atoms with Crippen LogP contribution >= 0.6 is 11.5 Å². The Morgan fingerprint density at radius 1 is 1.19 bits per heavy atom. The van der Waals surface area contributed by atoms with E-state index in [0.29, 0.717) is 11.5 Å². The number of nitrogens with one attached hydrogen (secondary N) is 1. The molecule has 0 radical (unpaired) electrons. The largest absolute Gasteiger partial charge is 0.496 e. The summed E-state index contributed by atoms with van der Waals surface area (Å²) in [7, 11) is 3.25. The zero-order chi connectivity index (χ0) is 15.4. The molecular formula is C14H20N4O2S. The summed E-state index contributed by atoms with van der Waals surface area (Å²) in [6.45, 7) is 4.15. The zero-order valence-electron chi connectivity index (χ0n) is 12.6. The summed E-state index contributed by atoms with van der Waals surface area (Å²) in [5.41, 5.74) is 4.61. The Hall–Kier alpha value is -1.70. The summed E-state index contributed by atoms with van der Waals surface area (Å²) in [5.74, 6) is 7.48. The van der Waals surface area contributed by atoms with Crippen molar-refractivity contribution in [2.75, 3.05) is 14.2 Å². The monoisotopic (exact) mass is 308 g/mol. The van der Waals surface area contributed by atoms with Gasteiger partial charge in [0.2, 0.25) is 0 Å². The van der Waals surface area contributed by atoms with E-state index >= 15 is 0 Å². The summed E-state index contributed by atoms with van der Waals surface area (Å²) in [5, 5.41) is 4.21. The van der Waals surface area contributed by atoms with Gasteiger partial charge in [0.15, 0.2) is 0 Å². The first-order valence-electron chi connectivity index (χ1n) is 6.63. The SMILES string of the molecule is COc1cccc(OC)c1C(NN)c1snnc1C(C)C. The number of nitrogens with zero attached hydrogens (tertiary/aromatic N) is 2. The van der Waals surface area contributed by atoms with E-state index in [1.165, 1.54) is 11.5 Å². The molecule has 0 bridgehead atoms. The first-order valence-corrected chi connectivity index (χ1v) is 7.40. The van der Waals surface area contributed by atoms with Gasteiger partial charge in [0, 0.05) is 0 Å². The van der Waals surface area contributed by atoms with Crippen LogP contribution in [0.2, 0.25) is 0 Å². The number of methoxy groups -OCH3 is 2. The number of hydrogen-bond acceptors (Lipinski definition) is 7. The van der Waals surface area contributed by atoms with E-state index in [1.807, 2.05) is 18.2 Å². The zero-order valence-corrected chi connectivity index (χ0v) is 13.4. The molecule has 21 heavy (non-hydrogen) atoms. The van der Waals surface area contributed by atoms with Crippen molar-refractivity contribution in [1.82, 2.24) is 15.0 Å². The van der Waals surface area contributed by atoms with Crippen LogP contribution in [-0.4, -0.2) is 23.8 Å². The van der Waals surface area contributed by atoms with E-state index in [1.54, 1.807) is 14.2 Å². The number of nitrogens with two attached hydrogens (primary N) is 1. The summed E-state index contributed by atoms with van der Waals surface area (Å²) in [6.07, 6.45) is 0. The molecule has 2 aromatic rings. The smallest absolute Gasteiger partial charge is 0.127 e. The van der Waals surface area contributed by atoms with E-state index in [2.05, 4.69) is 28.9 Å². The molecule has 1 heterocycles. The van der Waals surface area contributed by atoms with Crippen LogP contribution in [0, 0.1) is 0 Å². The van der Waals surface area contributed by atoms with Gasteiger partial charge < -0.3 is 9.47 Å². The Labute approximate surface area is 128 Å². The second-order valence-electron chi connectivity index (χ2n) is 4.85. The molecule has 1 unspecified atom stereocenters. The summed E-state index contributed by atoms with van der Waals surface area (Å²) in [6, 6.07) is 5.36. The van der Waals surface area contributed by atoms with Gasteiger partial charge in [0.25, 0.3) is 0 Å². The van der Waals surface area contributed by atoms with Gasteiger partial charge in [-0.15, -0.1) is 5.10 Å². The second-order valence-corrected chi connectivity index (χ2v) is 5.64. The lowest BCUT2D eigenvalue weighted by molar-refractivity contribution is 0.377. The predicted octanol–water partition coefficient (Wildman–Crippen LogP) is 2.23. The standard InChI is InChI=1S/C14H20N4O2S/c1-8(2)12-14(21-18-17-12)13(16-15)11-9(19-3)6-5-7-10(11)20-4/h5-8,13,16H,15H2,1-4H3. The molecule has 1 aromatic carbocycles. The molecule has 3 N–H and O–H groups in total. The van der Waals surface area contributed by atoms with E-state index in [4.69, 9.17) is 15.3 Å². The molecule has 0 fully saturated rings. The number of hydrogen-bond donors (Lipinski definition) is 2. The molecule has 0 saturated carbocycles. The van der Waals surface area contributed by atoms with Gasteiger partial charge in [-0.3, -0.25) is 5.84 Å². The maximum absolute atomic E-state index is 5.80. The van der Waals surface area contributed by atoms with Crippen molar-refractivity contribution in [3.8, 4) is 11.5 Å². The molecule has 0 aliphatic carbocycles. The van der Waals surface area contributed by atoms with Gasteiger partial charge in [-0.1, -0.05) is 24.4 Å². The molecule has 2 rings (SSSR count). The molecule has 1 aromatic heterocycles. The molecular weight excluding hydrogens is 288 g/mol. The third kappa shape index (κ3) is 2.99. The van der Waals surface area contributed by atoms with Crippen LogP contribution in [-0.2, 0) is 0 Å². The average Bonchev–Trinajstić information content (AvgIpc) is 2.97. The van der Waals surface area contributed by atoms with Crippen molar-refractivity contribution < 1.29 is 9.47 Å². The molecule has 6 nitrogen and oxygen atoms in total. The quantitative estimate of drug-likeness (QED) is 0.629. The van der Waals surface area contributed by atoms with Crippen LogP contribution in [0.25, 0.3) is 0 Å². The number of rotatable bonds is 6. The van der Waals surface area contributed by atoms with E-state index in [0.717, 1.165) is 16.1 Å². The van der Waals surface area contributed by atoms with E-state index < -0.39 is 0 Å². The minimum absolute atomic E-state index is 0.260.